The number of carbonyl (C=O) groups is 1. The summed E-state index contributed by atoms with van der Waals surface area (Å²) in [5.41, 5.74) is 2.04. The molecule has 0 spiro atoms. The van der Waals surface area contributed by atoms with Gasteiger partial charge in [0.25, 0.3) is 0 Å². The molecular weight excluding hydrogens is 290 g/mol. The van der Waals surface area contributed by atoms with E-state index in [1.807, 2.05) is 26.0 Å². The maximum atomic E-state index is 11.9. The summed E-state index contributed by atoms with van der Waals surface area (Å²) in [5.74, 6) is 1.61. The Morgan fingerprint density at radius 1 is 1.35 bits per heavy atom. The molecule has 1 aliphatic rings. The summed E-state index contributed by atoms with van der Waals surface area (Å²) in [7, 11) is 0. The van der Waals surface area contributed by atoms with Crippen LogP contribution in [0.4, 0.5) is 0 Å². The molecule has 2 atom stereocenters. The Morgan fingerprint density at radius 2 is 2.13 bits per heavy atom. The number of carbonyl (C=O) groups excluding carboxylic acids is 1. The summed E-state index contributed by atoms with van der Waals surface area (Å²) in [4.78, 5) is 20.5. The standard InChI is InChI=1S/C18H21N3O2/c1-3-12(2)18(22)21-11-14-10-13-6-4-7-15(16(13)23-14)17-19-8-5-9-20-17/h4-9,12,14H,3,10-11H2,1-2H3,(H,21,22)/t12-,14+/m0/s1. The summed E-state index contributed by atoms with van der Waals surface area (Å²) in [6.45, 7) is 4.47. The van der Waals surface area contributed by atoms with E-state index in [9.17, 15) is 4.79 Å². The van der Waals surface area contributed by atoms with Gasteiger partial charge in [0, 0.05) is 24.7 Å². The van der Waals surface area contributed by atoms with Crippen LogP contribution in [0, 0.1) is 5.92 Å². The highest BCUT2D eigenvalue weighted by molar-refractivity contribution is 5.78. The zero-order valence-electron chi connectivity index (χ0n) is 13.5. The molecule has 0 radical (unpaired) electrons. The number of hydrogen-bond donors (Lipinski definition) is 1. The Labute approximate surface area is 136 Å². The van der Waals surface area contributed by atoms with Gasteiger partial charge in [0.1, 0.15) is 11.9 Å². The Hall–Kier alpha value is -2.43. The molecule has 1 amide bonds. The summed E-state index contributed by atoms with van der Waals surface area (Å²) in [5, 5.41) is 2.97. The highest BCUT2D eigenvalue weighted by Crippen LogP contribution is 2.37. The normalized spacial score (nSPS) is 17.2. The molecule has 0 fully saturated rings. The lowest BCUT2D eigenvalue weighted by atomic mass is 10.1. The average molecular weight is 311 g/mol. The van der Waals surface area contributed by atoms with E-state index in [2.05, 4.69) is 21.4 Å². The Morgan fingerprint density at radius 3 is 2.87 bits per heavy atom. The number of rotatable bonds is 5. The quantitative estimate of drug-likeness (QED) is 0.922. The second kappa shape index (κ2) is 6.77. The Balaban J connectivity index is 1.71. The number of ether oxygens (including phenoxy) is 1. The molecule has 3 rings (SSSR count). The van der Waals surface area contributed by atoms with Crippen molar-refractivity contribution in [1.29, 1.82) is 0 Å². The SMILES string of the molecule is CC[C@H](C)C(=O)NC[C@H]1Cc2cccc(-c3ncccn3)c2O1. The number of para-hydroxylation sites is 1. The lowest BCUT2D eigenvalue weighted by Gasteiger charge is -2.15. The minimum Gasteiger partial charge on any atom is -0.487 e. The van der Waals surface area contributed by atoms with E-state index in [0.29, 0.717) is 12.4 Å². The molecule has 1 N–H and O–H groups in total. The van der Waals surface area contributed by atoms with Crippen molar-refractivity contribution >= 4 is 5.91 Å². The zero-order chi connectivity index (χ0) is 16.2. The molecule has 2 heterocycles. The van der Waals surface area contributed by atoms with Gasteiger partial charge in [-0.1, -0.05) is 26.0 Å². The molecule has 2 aromatic rings. The number of nitrogens with one attached hydrogen (secondary N) is 1. The van der Waals surface area contributed by atoms with Crippen molar-refractivity contribution in [3.63, 3.8) is 0 Å². The fraction of sp³-hybridized carbons (Fsp3) is 0.389. The molecule has 23 heavy (non-hydrogen) atoms. The topological polar surface area (TPSA) is 64.1 Å². The van der Waals surface area contributed by atoms with E-state index in [-0.39, 0.29) is 17.9 Å². The second-order valence-electron chi connectivity index (χ2n) is 5.86. The van der Waals surface area contributed by atoms with Gasteiger partial charge < -0.3 is 10.1 Å². The number of nitrogens with zero attached hydrogens (tertiary/aromatic N) is 2. The van der Waals surface area contributed by atoms with Crippen molar-refractivity contribution in [3.8, 4) is 17.1 Å². The first-order valence-corrected chi connectivity index (χ1v) is 8.02. The molecule has 1 aromatic carbocycles. The Kier molecular flexibility index (Phi) is 4.55. The molecule has 0 bridgehead atoms. The number of hydrogen-bond acceptors (Lipinski definition) is 4. The minimum atomic E-state index is -0.0390. The number of aromatic nitrogens is 2. The van der Waals surface area contributed by atoms with Gasteiger partial charge in [0.15, 0.2) is 5.82 Å². The Bertz CT molecular complexity index is 688. The largest absolute Gasteiger partial charge is 0.487 e. The van der Waals surface area contributed by atoms with Crippen LogP contribution >= 0.6 is 0 Å². The first-order valence-electron chi connectivity index (χ1n) is 8.02. The molecule has 0 unspecified atom stereocenters. The summed E-state index contributed by atoms with van der Waals surface area (Å²) >= 11 is 0. The van der Waals surface area contributed by atoms with Crippen molar-refractivity contribution in [3.05, 3.63) is 42.2 Å². The third-order valence-corrected chi connectivity index (χ3v) is 4.20. The molecule has 0 aliphatic carbocycles. The maximum absolute atomic E-state index is 11.9. The number of benzene rings is 1. The van der Waals surface area contributed by atoms with Gasteiger partial charge in [-0.2, -0.15) is 0 Å². The van der Waals surface area contributed by atoms with E-state index in [4.69, 9.17) is 4.74 Å². The molecule has 5 heteroatoms. The van der Waals surface area contributed by atoms with Crippen LogP contribution in [-0.2, 0) is 11.2 Å². The average Bonchev–Trinajstić information content (AvgIpc) is 3.02. The molecular formula is C18H21N3O2. The van der Waals surface area contributed by atoms with Crippen LogP contribution in [0.25, 0.3) is 11.4 Å². The summed E-state index contributed by atoms with van der Waals surface area (Å²) in [6, 6.07) is 7.81. The fourth-order valence-electron chi connectivity index (χ4n) is 2.64. The highest BCUT2D eigenvalue weighted by atomic mass is 16.5. The lowest BCUT2D eigenvalue weighted by Crippen LogP contribution is -2.37. The van der Waals surface area contributed by atoms with Crippen molar-refractivity contribution < 1.29 is 9.53 Å². The van der Waals surface area contributed by atoms with Gasteiger partial charge in [0.05, 0.1) is 12.1 Å². The summed E-state index contributed by atoms with van der Waals surface area (Å²) in [6.07, 6.45) is 5.04. The number of amides is 1. The first kappa shape index (κ1) is 15.5. The maximum Gasteiger partial charge on any atom is 0.222 e. The van der Waals surface area contributed by atoms with E-state index < -0.39 is 0 Å². The van der Waals surface area contributed by atoms with Gasteiger partial charge in [0.2, 0.25) is 5.91 Å². The minimum absolute atomic E-state index is 0.0343. The van der Waals surface area contributed by atoms with Crippen LogP contribution in [0.1, 0.15) is 25.8 Å². The smallest absolute Gasteiger partial charge is 0.222 e. The third-order valence-electron chi connectivity index (χ3n) is 4.20. The lowest BCUT2D eigenvalue weighted by molar-refractivity contribution is -0.124. The van der Waals surface area contributed by atoms with E-state index in [1.165, 1.54) is 0 Å². The van der Waals surface area contributed by atoms with E-state index >= 15 is 0 Å². The van der Waals surface area contributed by atoms with Gasteiger partial charge in [-0.15, -0.1) is 0 Å². The highest BCUT2D eigenvalue weighted by Gasteiger charge is 2.27. The van der Waals surface area contributed by atoms with Gasteiger partial charge >= 0.3 is 0 Å². The van der Waals surface area contributed by atoms with Crippen LogP contribution in [0.3, 0.4) is 0 Å². The molecule has 120 valence electrons. The molecule has 5 nitrogen and oxygen atoms in total. The summed E-state index contributed by atoms with van der Waals surface area (Å²) < 4.78 is 6.06. The van der Waals surface area contributed by atoms with Gasteiger partial charge in [-0.25, -0.2) is 9.97 Å². The van der Waals surface area contributed by atoms with Crippen LogP contribution in [0.5, 0.6) is 5.75 Å². The molecule has 1 aromatic heterocycles. The predicted molar refractivity (Wildman–Crippen MR) is 88.1 cm³/mol. The molecule has 0 saturated carbocycles. The van der Waals surface area contributed by atoms with Crippen LogP contribution in [-0.4, -0.2) is 28.5 Å². The van der Waals surface area contributed by atoms with Crippen LogP contribution in [0.15, 0.2) is 36.7 Å². The molecule has 0 saturated heterocycles. The van der Waals surface area contributed by atoms with E-state index in [1.54, 1.807) is 18.5 Å². The monoisotopic (exact) mass is 311 g/mol. The first-order chi connectivity index (χ1) is 11.2. The number of fused-ring (bicyclic) bond motifs is 1. The van der Waals surface area contributed by atoms with Crippen molar-refractivity contribution in [1.82, 2.24) is 15.3 Å². The van der Waals surface area contributed by atoms with Gasteiger partial charge in [-0.3, -0.25) is 4.79 Å². The zero-order valence-corrected chi connectivity index (χ0v) is 13.5. The van der Waals surface area contributed by atoms with Crippen LogP contribution in [0.2, 0.25) is 0 Å². The van der Waals surface area contributed by atoms with Crippen molar-refractivity contribution in [2.75, 3.05) is 6.54 Å². The second-order valence-corrected chi connectivity index (χ2v) is 5.86. The fourth-order valence-corrected chi connectivity index (χ4v) is 2.64. The third kappa shape index (κ3) is 3.33. The van der Waals surface area contributed by atoms with Crippen molar-refractivity contribution in [2.24, 2.45) is 5.92 Å². The van der Waals surface area contributed by atoms with Crippen LogP contribution < -0.4 is 10.1 Å². The van der Waals surface area contributed by atoms with Crippen molar-refractivity contribution in [2.45, 2.75) is 32.8 Å². The molecule has 1 aliphatic heterocycles. The predicted octanol–water partition coefficient (Wildman–Crippen LogP) is 2.61. The van der Waals surface area contributed by atoms with Gasteiger partial charge in [-0.05, 0) is 24.1 Å². The van der Waals surface area contributed by atoms with E-state index in [0.717, 1.165) is 29.7 Å².